The van der Waals surface area contributed by atoms with Crippen LogP contribution < -0.4 is 4.74 Å². The second-order valence-corrected chi connectivity index (χ2v) is 6.72. The Kier molecular flexibility index (Phi) is 5.11. The Morgan fingerprint density at radius 2 is 2.08 bits per heavy atom. The number of ether oxygens (including phenoxy) is 1. The molecule has 0 atom stereocenters. The monoisotopic (exact) mass is 370 g/mol. The van der Waals surface area contributed by atoms with Gasteiger partial charge in [0.1, 0.15) is 11.4 Å². The minimum Gasteiger partial charge on any atom is -0.497 e. The van der Waals surface area contributed by atoms with Crippen LogP contribution in [0.1, 0.15) is 37.7 Å². The average Bonchev–Trinajstić information content (AvgIpc) is 3.03. The van der Waals surface area contributed by atoms with Crippen LogP contribution in [0.25, 0.3) is 0 Å². The van der Waals surface area contributed by atoms with Crippen molar-refractivity contribution >= 4 is 11.6 Å². The lowest BCUT2D eigenvalue weighted by Crippen LogP contribution is -2.47. The highest BCUT2D eigenvalue weighted by Crippen LogP contribution is 2.37. The number of carbonyl (C=O) groups excluding carboxylic acids is 1. The van der Waals surface area contributed by atoms with Gasteiger partial charge < -0.3 is 14.5 Å². The number of hydrogen-bond donors (Lipinski definition) is 0. The largest absolute Gasteiger partial charge is 0.497 e. The van der Waals surface area contributed by atoms with Gasteiger partial charge in [-0.05, 0) is 12.1 Å². The molecule has 26 heavy (non-hydrogen) atoms. The van der Waals surface area contributed by atoms with Crippen LogP contribution in [-0.4, -0.2) is 48.5 Å². The van der Waals surface area contributed by atoms with Gasteiger partial charge in [0.25, 0.3) is 0 Å². The van der Waals surface area contributed by atoms with Crippen molar-refractivity contribution in [2.24, 2.45) is 5.16 Å². The van der Waals surface area contributed by atoms with E-state index < -0.39 is 30.5 Å². The molecule has 1 spiro atoms. The zero-order valence-corrected chi connectivity index (χ0v) is 14.5. The fraction of sp³-hybridized carbons (Fsp3) is 0.556. The van der Waals surface area contributed by atoms with E-state index in [0.717, 1.165) is 17.0 Å². The molecule has 2 aliphatic rings. The maximum Gasteiger partial charge on any atom is 0.389 e. The second kappa shape index (κ2) is 7.17. The Labute approximate surface area is 149 Å². The number of amides is 1. The predicted molar refractivity (Wildman–Crippen MR) is 89.1 cm³/mol. The molecule has 0 unspecified atom stereocenters. The van der Waals surface area contributed by atoms with Gasteiger partial charge >= 0.3 is 6.18 Å². The highest BCUT2D eigenvalue weighted by Gasteiger charge is 2.43. The van der Waals surface area contributed by atoms with E-state index in [4.69, 9.17) is 9.57 Å². The summed E-state index contributed by atoms with van der Waals surface area (Å²) in [5.41, 5.74) is 1.27. The van der Waals surface area contributed by atoms with Gasteiger partial charge in [-0.3, -0.25) is 4.79 Å². The third kappa shape index (κ3) is 4.28. The normalized spacial score (nSPS) is 19.2. The molecule has 0 bridgehead atoms. The van der Waals surface area contributed by atoms with Crippen LogP contribution in [0, 0.1) is 0 Å². The Morgan fingerprint density at radius 1 is 1.35 bits per heavy atom. The van der Waals surface area contributed by atoms with Crippen molar-refractivity contribution in [3.63, 3.8) is 0 Å². The zero-order valence-electron chi connectivity index (χ0n) is 14.5. The summed E-state index contributed by atoms with van der Waals surface area (Å²) in [7, 11) is 1.60. The summed E-state index contributed by atoms with van der Waals surface area (Å²) in [6.07, 6.45) is -4.15. The molecule has 142 valence electrons. The Bertz CT molecular complexity index is 695. The molecule has 3 rings (SSSR count). The number of rotatable bonds is 4. The number of piperidine rings is 1. The summed E-state index contributed by atoms with van der Waals surface area (Å²) in [6.45, 7) is 0.773. The molecule has 1 saturated heterocycles. The fourth-order valence-corrected chi connectivity index (χ4v) is 3.32. The summed E-state index contributed by atoms with van der Waals surface area (Å²) < 4.78 is 42.0. The first kappa shape index (κ1) is 18.5. The number of carbonyl (C=O) groups is 1. The van der Waals surface area contributed by atoms with Gasteiger partial charge in [0.2, 0.25) is 5.91 Å². The SMILES string of the molecule is COc1cccc(C2=NOC3(CCN(C(=O)CCC(F)(F)F)CC3)C2)c1. The number of halogens is 3. The van der Waals surface area contributed by atoms with Crippen molar-refractivity contribution in [2.75, 3.05) is 20.2 Å². The Morgan fingerprint density at radius 3 is 2.73 bits per heavy atom. The van der Waals surface area contributed by atoms with E-state index in [1.54, 1.807) is 7.11 Å². The molecular weight excluding hydrogens is 349 g/mol. The van der Waals surface area contributed by atoms with Gasteiger partial charge in [0.15, 0.2) is 0 Å². The number of methoxy groups -OCH3 is 1. The minimum atomic E-state index is -4.30. The zero-order chi connectivity index (χ0) is 18.8. The highest BCUT2D eigenvalue weighted by atomic mass is 19.4. The third-order valence-corrected chi connectivity index (χ3v) is 4.89. The molecule has 0 radical (unpaired) electrons. The van der Waals surface area contributed by atoms with Crippen molar-refractivity contribution in [2.45, 2.75) is 43.9 Å². The fourth-order valence-electron chi connectivity index (χ4n) is 3.32. The van der Waals surface area contributed by atoms with Gasteiger partial charge in [0.05, 0.1) is 19.2 Å². The summed E-state index contributed by atoms with van der Waals surface area (Å²) in [5, 5.41) is 4.21. The van der Waals surface area contributed by atoms with Crippen molar-refractivity contribution in [1.29, 1.82) is 0 Å². The van der Waals surface area contributed by atoms with Crippen LogP contribution in [0.3, 0.4) is 0 Å². The van der Waals surface area contributed by atoms with Crippen LogP contribution in [0.5, 0.6) is 5.75 Å². The van der Waals surface area contributed by atoms with Crippen LogP contribution in [0.4, 0.5) is 13.2 Å². The molecule has 0 N–H and O–H groups in total. The van der Waals surface area contributed by atoms with Gasteiger partial charge in [-0.25, -0.2) is 0 Å². The molecule has 2 heterocycles. The molecule has 0 saturated carbocycles. The Hall–Kier alpha value is -2.25. The molecule has 5 nitrogen and oxygen atoms in total. The second-order valence-electron chi connectivity index (χ2n) is 6.72. The van der Waals surface area contributed by atoms with Crippen molar-refractivity contribution in [3.05, 3.63) is 29.8 Å². The summed E-state index contributed by atoms with van der Waals surface area (Å²) in [4.78, 5) is 19.1. The number of benzene rings is 1. The topological polar surface area (TPSA) is 51.1 Å². The average molecular weight is 370 g/mol. The standard InChI is InChI=1S/C18H21F3N2O3/c1-25-14-4-2-3-13(11-14)15-12-17(26-22-15)7-9-23(10-8-17)16(24)5-6-18(19,20)21/h2-4,11H,5-10,12H2,1H3. The van der Waals surface area contributed by atoms with Gasteiger partial charge in [-0.15, -0.1) is 0 Å². The number of likely N-dealkylation sites (tertiary alicyclic amines) is 1. The number of oxime groups is 1. The molecule has 0 aliphatic carbocycles. The number of hydrogen-bond acceptors (Lipinski definition) is 4. The maximum absolute atomic E-state index is 12.3. The molecule has 1 amide bonds. The van der Waals surface area contributed by atoms with E-state index >= 15 is 0 Å². The lowest BCUT2D eigenvalue weighted by Gasteiger charge is -2.37. The third-order valence-electron chi connectivity index (χ3n) is 4.89. The lowest BCUT2D eigenvalue weighted by atomic mass is 9.85. The molecular formula is C18H21F3N2O3. The summed E-state index contributed by atoms with van der Waals surface area (Å²) >= 11 is 0. The molecule has 0 aromatic heterocycles. The quantitative estimate of drug-likeness (QED) is 0.815. The number of nitrogens with zero attached hydrogens (tertiary/aromatic N) is 2. The first-order valence-corrected chi connectivity index (χ1v) is 8.54. The highest BCUT2D eigenvalue weighted by molar-refractivity contribution is 6.02. The maximum atomic E-state index is 12.3. The van der Waals surface area contributed by atoms with Crippen molar-refractivity contribution in [1.82, 2.24) is 4.90 Å². The van der Waals surface area contributed by atoms with Crippen molar-refractivity contribution in [3.8, 4) is 5.75 Å². The van der Waals surface area contributed by atoms with Crippen LogP contribution >= 0.6 is 0 Å². The van der Waals surface area contributed by atoms with Gasteiger partial charge in [0, 0.05) is 44.3 Å². The van der Waals surface area contributed by atoms with E-state index in [-0.39, 0.29) is 0 Å². The molecule has 2 aliphatic heterocycles. The Balaban J connectivity index is 1.54. The minimum absolute atomic E-state index is 0.387. The molecule has 1 aromatic rings. The lowest BCUT2D eigenvalue weighted by molar-refractivity contribution is -0.152. The van der Waals surface area contributed by atoms with Crippen molar-refractivity contribution < 1.29 is 27.5 Å². The van der Waals surface area contributed by atoms with Crippen LogP contribution in [-0.2, 0) is 9.63 Å². The van der Waals surface area contributed by atoms with E-state index in [9.17, 15) is 18.0 Å². The first-order valence-electron chi connectivity index (χ1n) is 8.54. The molecule has 1 fully saturated rings. The molecule has 1 aromatic carbocycles. The van der Waals surface area contributed by atoms with Gasteiger partial charge in [-0.1, -0.05) is 17.3 Å². The number of alkyl halides is 3. The van der Waals surface area contributed by atoms with E-state index in [2.05, 4.69) is 5.16 Å². The summed E-state index contributed by atoms with van der Waals surface area (Å²) in [5.74, 6) is 0.278. The van der Waals surface area contributed by atoms with E-state index in [0.29, 0.717) is 32.4 Å². The van der Waals surface area contributed by atoms with E-state index in [1.165, 1.54) is 4.90 Å². The molecule has 8 heteroatoms. The van der Waals surface area contributed by atoms with Crippen LogP contribution in [0.15, 0.2) is 29.4 Å². The van der Waals surface area contributed by atoms with E-state index in [1.807, 2.05) is 24.3 Å². The predicted octanol–water partition coefficient (Wildman–Crippen LogP) is 3.52. The van der Waals surface area contributed by atoms with Gasteiger partial charge in [-0.2, -0.15) is 13.2 Å². The first-order chi connectivity index (χ1) is 12.3. The smallest absolute Gasteiger partial charge is 0.389 e. The summed E-state index contributed by atoms with van der Waals surface area (Å²) in [6, 6.07) is 7.54. The van der Waals surface area contributed by atoms with Crippen LogP contribution in [0.2, 0.25) is 0 Å².